The minimum absolute atomic E-state index is 0.755. The van der Waals surface area contributed by atoms with Crippen LogP contribution in [-0.2, 0) is 0 Å². The summed E-state index contributed by atoms with van der Waals surface area (Å²) in [5.74, 6) is 1.70. The van der Waals surface area contributed by atoms with E-state index in [1.165, 1.54) is 32.1 Å². The highest BCUT2D eigenvalue weighted by molar-refractivity contribution is 14.1. The molecule has 1 fully saturated rings. The van der Waals surface area contributed by atoms with Crippen LogP contribution in [0, 0.1) is 16.5 Å². The highest BCUT2D eigenvalue weighted by atomic mass is 127. The Morgan fingerprint density at radius 1 is 1.31 bits per heavy atom. The fourth-order valence-corrected chi connectivity index (χ4v) is 2.90. The molecule has 1 aliphatic rings. The molecule has 0 aromatic carbocycles. The summed E-state index contributed by atoms with van der Waals surface area (Å²) in [6.07, 6.45) is 6.81. The molecular formula is C13H18INO. The van der Waals surface area contributed by atoms with Crippen molar-refractivity contribution in [2.45, 2.75) is 39.0 Å². The number of aromatic nitrogens is 1. The predicted octanol–water partition coefficient (Wildman–Crippen LogP) is 3.95. The quantitative estimate of drug-likeness (QED) is 0.618. The Morgan fingerprint density at radius 3 is 2.75 bits per heavy atom. The Morgan fingerprint density at radius 2 is 2.06 bits per heavy atom. The molecular weight excluding hydrogens is 313 g/mol. The van der Waals surface area contributed by atoms with Crippen LogP contribution in [-0.4, -0.2) is 11.6 Å². The fourth-order valence-electron chi connectivity index (χ4n) is 2.18. The lowest BCUT2D eigenvalue weighted by molar-refractivity contribution is 0.207. The molecule has 0 saturated heterocycles. The maximum Gasteiger partial charge on any atom is 0.151 e. The summed E-state index contributed by atoms with van der Waals surface area (Å²) in [7, 11) is 0. The molecule has 88 valence electrons. The first kappa shape index (κ1) is 12.1. The molecule has 0 unspecified atom stereocenters. The smallest absolute Gasteiger partial charge is 0.151 e. The van der Waals surface area contributed by atoms with Gasteiger partial charge in [-0.1, -0.05) is 19.3 Å². The lowest BCUT2D eigenvalue weighted by atomic mass is 9.90. The number of pyridine rings is 1. The van der Waals surface area contributed by atoms with E-state index in [1.54, 1.807) is 0 Å². The van der Waals surface area contributed by atoms with Gasteiger partial charge in [-0.25, -0.2) is 4.98 Å². The molecule has 0 atom stereocenters. The van der Waals surface area contributed by atoms with Crippen LogP contribution >= 0.6 is 22.6 Å². The topological polar surface area (TPSA) is 22.1 Å². The maximum atomic E-state index is 5.86. The first-order valence-corrected chi connectivity index (χ1v) is 7.09. The van der Waals surface area contributed by atoms with Crippen molar-refractivity contribution in [1.29, 1.82) is 0 Å². The Bertz CT molecular complexity index is 348. The molecule has 0 N–H and O–H groups in total. The Kier molecular flexibility index (Phi) is 4.44. The summed E-state index contributed by atoms with van der Waals surface area (Å²) >= 11 is 2.24. The van der Waals surface area contributed by atoms with E-state index in [0.29, 0.717) is 0 Å². The number of ether oxygens (including phenoxy) is 1. The van der Waals surface area contributed by atoms with Crippen molar-refractivity contribution in [2.75, 3.05) is 6.61 Å². The number of rotatable bonds is 3. The van der Waals surface area contributed by atoms with Crippen LogP contribution in [0.3, 0.4) is 0 Å². The van der Waals surface area contributed by atoms with Crippen molar-refractivity contribution < 1.29 is 4.74 Å². The van der Waals surface area contributed by atoms with Crippen LogP contribution in [0.4, 0.5) is 0 Å². The van der Waals surface area contributed by atoms with E-state index in [4.69, 9.17) is 4.74 Å². The second-order valence-corrected chi connectivity index (χ2v) is 5.58. The second kappa shape index (κ2) is 5.84. The van der Waals surface area contributed by atoms with E-state index in [-0.39, 0.29) is 0 Å². The van der Waals surface area contributed by atoms with Gasteiger partial charge >= 0.3 is 0 Å². The average Bonchev–Trinajstić information content (AvgIpc) is 2.29. The number of halogens is 1. The fraction of sp³-hybridized carbons (Fsp3) is 0.615. The van der Waals surface area contributed by atoms with E-state index < -0.39 is 0 Å². The molecule has 0 aliphatic heterocycles. The van der Waals surface area contributed by atoms with Gasteiger partial charge in [-0.3, -0.25) is 0 Å². The van der Waals surface area contributed by atoms with Crippen molar-refractivity contribution in [3.63, 3.8) is 0 Å². The highest BCUT2D eigenvalue weighted by Crippen LogP contribution is 2.25. The van der Waals surface area contributed by atoms with Gasteiger partial charge < -0.3 is 4.74 Å². The lowest BCUT2D eigenvalue weighted by Gasteiger charge is -2.21. The van der Waals surface area contributed by atoms with E-state index >= 15 is 0 Å². The van der Waals surface area contributed by atoms with Crippen molar-refractivity contribution in [3.05, 3.63) is 21.5 Å². The summed E-state index contributed by atoms with van der Waals surface area (Å²) in [5.41, 5.74) is 1.05. The van der Waals surface area contributed by atoms with Crippen molar-refractivity contribution >= 4 is 22.6 Å². The lowest BCUT2D eigenvalue weighted by Crippen LogP contribution is -2.15. The van der Waals surface area contributed by atoms with Gasteiger partial charge in [0.15, 0.2) is 5.75 Å². The first-order valence-electron chi connectivity index (χ1n) is 6.01. The predicted molar refractivity (Wildman–Crippen MR) is 73.8 cm³/mol. The van der Waals surface area contributed by atoms with Crippen molar-refractivity contribution in [3.8, 4) is 5.75 Å². The average molecular weight is 331 g/mol. The van der Waals surface area contributed by atoms with Crippen molar-refractivity contribution in [1.82, 2.24) is 4.98 Å². The zero-order chi connectivity index (χ0) is 11.4. The third kappa shape index (κ3) is 3.34. The maximum absolute atomic E-state index is 5.86. The largest absolute Gasteiger partial charge is 0.491 e. The molecule has 16 heavy (non-hydrogen) atoms. The third-order valence-electron chi connectivity index (χ3n) is 3.15. The van der Waals surface area contributed by atoms with E-state index in [2.05, 4.69) is 27.6 Å². The number of hydrogen-bond acceptors (Lipinski definition) is 2. The molecule has 1 heterocycles. The SMILES string of the molecule is Cc1ccc(OCC2CCCCC2)c(I)n1. The Hall–Kier alpha value is -0.320. The summed E-state index contributed by atoms with van der Waals surface area (Å²) < 4.78 is 6.84. The summed E-state index contributed by atoms with van der Waals surface area (Å²) in [4.78, 5) is 4.40. The van der Waals surface area contributed by atoms with Crippen LogP contribution in [0.5, 0.6) is 5.75 Å². The molecule has 1 saturated carbocycles. The van der Waals surface area contributed by atoms with Crippen molar-refractivity contribution in [2.24, 2.45) is 5.92 Å². The van der Waals surface area contributed by atoms with Gasteiger partial charge in [0.2, 0.25) is 0 Å². The number of hydrogen-bond donors (Lipinski definition) is 0. The molecule has 0 amide bonds. The minimum Gasteiger partial charge on any atom is -0.491 e. The Balaban J connectivity index is 1.88. The zero-order valence-corrected chi connectivity index (χ0v) is 11.9. The van der Waals surface area contributed by atoms with Crippen LogP contribution in [0.15, 0.2) is 12.1 Å². The van der Waals surface area contributed by atoms with Gasteiger partial charge in [-0.05, 0) is 60.4 Å². The zero-order valence-electron chi connectivity index (χ0n) is 9.71. The number of aryl methyl sites for hydroxylation is 1. The third-order valence-corrected chi connectivity index (χ3v) is 3.93. The molecule has 0 bridgehead atoms. The normalized spacial score (nSPS) is 17.4. The van der Waals surface area contributed by atoms with Gasteiger partial charge in [-0.2, -0.15) is 0 Å². The van der Waals surface area contributed by atoms with E-state index in [0.717, 1.165) is 27.7 Å². The molecule has 1 aromatic rings. The van der Waals surface area contributed by atoms with Crippen LogP contribution < -0.4 is 4.74 Å². The van der Waals surface area contributed by atoms with E-state index in [1.807, 2.05) is 19.1 Å². The molecule has 2 rings (SSSR count). The highest BCUT2D eigenvalue weighted by Gasteiger charge is 2.14. The second-order valence-electron chi connectivity index (χ2n) is 4.56. The van der Waals surface area contributed by atoms with Gasteiger partial charge in [0.25, 0.3) is 0 Å². The van der Waals surface area contributed by atoms with Gasteiger partial charge in [0.05, 0.1) is 6.61 Å². The molecule has 1 aliphatic carbocycles. The minimum atomic E-state index is 0.755. The summed E-state index contributed by atoms with van der Waals surface area (Å²) in [5, 5.41) is 0. The van der Waals surface area contributed by atoms with Gasteiger partial charge in [-0.15, -0.1) is 0 Å². The standard InChI is InChI=1S/C13H18INO/c1-10-7-8-12(13(14)15-10)16-9-11-5-3-2-4-6-11/h7-8,11H,2-6,9H2,1H3. The van der Waals surface area contributed by atoms with Gasteiger partial charge in [0.1, 0.15) is 3.70 Å². The van der Waals surface area contributed by atoms with E-state index in [9.17, 15) is 0 Å². The molecule has 0 spiro atoms. The van der Waals surface area contributed by atoms with Crippen LogP contribution in [0.25, 0.3) is 0 Å². The molecule has 3 heteroatoms. The summed E-state index contributed by atoms with van der Waals surface area (Å²) in [6.45, 7) is 2.87. The van der Waals surface area contributed by atoms with Crippen LogP contribution in [0.1, 0.15) is 37.8 Å². The molecule has 2 nitrogen and oxygen atoms in total. The molecule has 1 aromatic heterocycles. The van der Waals surface area contributed by atoms with Crippen LogP contribution in [0.2, 0.25) is 0 Å². The molecule has 0 radical (unpaired) electrons. The monoisotopic (exact) mass is 331 g/mol. The van der Waals surface area contributed by atoms with Gasteiger partial charge in [0, 0.05) is 5.69 Å². The Labute approximate surface area is 111 Å². The summed E-state index contributed by atoms with van der Waals surface area (Å²) in [6, 6.07) is 4.05. The first-order chi connectivity index (χ1) is 7.75. The number of nitrogens with zero attached hydrogens (tertiary/aromatic N) is 1.